The summed E-state index contributed by atoms with van der Waals surface area (Å²) in [6.45, 7) is 6.33. The summed E-state index contributed by atoms with van der Waals surface area (Å²) in [5.74, 6) is 0.926. The Hall–Kier alpha value is -2.34. The minimum atomic E-state index is -4.32. The van der Waals surface area contributed by atoms with E-state index in [9.17, 15) is 18.0 Å². The molecule has 0 spiro atoms. The number of carbonyl (C=O) groups is 1. The molecule has 1 aliphatic carbocycles. The third-order valence-corrected chi connectivity index (χ3v) is 7.03. The SMILES string of the molecule is CC(C)C(C(=O)N[C@@H]1CC[C@@H]2CN(Cc3cccc(C(F)(F)F)c3)C[C@H]21)c1ccccc1. The summed E-state index contributed by atoms with van der Waals surface area (Å²) in [7, 11) is 0. The third kappa shape index (κ3) is 5.01. The number of fused-ring (bicyclic) bond motifs is 1. The van der Waals surface area contributed by atoms with Crippen LogP contribution in [0, 0.1) is 17.8 Å². The number of halogens is 3. The average molecular weight is 445 g/mol. The Balaban J connectivity index is 1.39. The van der Waals surface area contributed by atoms with Crippen LogP contribution in [0.3, 0.4) is 0 Å². The van der Waals surface area contributed by atoms with Crippen LogP contribution in [0.25, 0.3) is 0 Å². The van der Waals surface area contributed by atoms with Crippen molar-refractivity contribution in [2.75, 3.05) is 13.1 Å². The van der Waals surface area contributed by atoms with Crippen LogP contribution in [0.5, 0.6) is 0 Å². The van der Waals surface area contributed by atoms with Gasteiger partial charge in [-0.05, 0) is 47.8 Å². The molecule has 3 nitrogen and oxygen atoms in total. The highest BCUT2D eigenvalue weighted by molar-refractivity contribution is 5.84. The van der Waals surface area contributed by atoms with Gasteiger partial charge in [-0.15, -0.1) is 0 Å². The number of hydrogen-bond donors (Lipinski definition) is 1. The number of carbonyl (C=O) groups excluding carboxylic acids is 1. The first-order valence-corrected chi connectivity index (χ1v) is 11.5. The minimum absolute atomic E-state index is 0.0770. The summed E-state index contributed by atoms with van der Waals surface area (Å²) in [5, 5.41) is 3.33. The third-order valence-electron chi connectivity index (χ3n) is 7.03. The van der Waals surface area contributed by atoms with E-state index in [1.807, 2.05) is 30.3 Å². The van der Waals surface area contributed by atoms with Gasteiger partial charge in [0.15, 0.2) is 0 Å². The number of amides is 1. The highest BCUT2D eigenvalue weighted by Gasteiger charge is 2.43. The number of alkyl halides is 3. The zero-order chi connectivity index (χ0) is 22.9. The van der Waals surface area contributed by atoms with Crippen molar-refractivity contribution < 1.29 is 18.0 Å². The van der Waals surface area contributed by atoms with Gasteiger partial charge >= 0.3 is 6.18 Å². The summed E-state index contributed by atoms with van der Waals surface area (Å²) >= 11 is 0. The fraction of sp³-hybridized carbons (Fsp3) is 0.500. The van der Waals surface area contributed by atoms with Crippen molar-refractivity contribution in [1.29, 1.82) is 0 Å². The summed E-state index contributed by atoms with van der Waals surface area (Å²) in [5.41, 5.74) is 1.12. The van der Waals surface area contributed by atoms with Gasteiger partial charge in [-0.2, -0.15) is 13.2 Å². The maximum atomic E-state index is 13.2. The van der Waals surface area contributed by atoms with E-state index in [-0.39, 0.29) is 23.8 Å². The second-order valence-electron chi connectivity index (χ2n) is 9.64. The van der Waals surface area contributed by atoms with Crippen LogP contribution in [0.2, 0.25) is 0 Å². The van der Waals surface area contributed by atoms with E-state index in [2.05, 4.69) is 24.1 Å². The molecule has 1 saturated carbocycles. The lowest BCUT2D eigenvalue weighted by atomic mass is 9.87. The summed E-state index contributed by atoms with van der Waals surface area (Å²) in [6, 6.07) is 15.6. The van der Waals surface area contributed by atoms with Gasteiger partial charge in [0.25, 0.3) is 0 Å². The largest absolute Gasteiger partial charge is 0.416 e. The smallest absolute Gasteiger partial charge is 0.352 e. The van der Waals surface area contributed by atoms with Crippen LogP contribution in [0.1, 0.15) is 49.3 Å². The average Bonchev–Trinajstić information content (AvgIpc) is 3.29. The van der Waals surface area contributed by atoms with Crippen LogP contribution < -0.4 is 5.32 Å². The first-order chi connectivity index (χ1) is 15.2. The van der Waals surface area contributed by atoms with Crippen LogP contribution in [0.15, 0.2) is 54.6 Å². The van der Waals surface area contributed by atoms with Gasteiger partial charge in [0, 0.05) is 25.7 Å². The fourth-order valence-electron chi connectivity index (χ4n) is 5.54. The Kier molecular flexibility index (Phi) is 6.61. The molecule has 1 aliphatic heterocycles. The van der Waals surface area contributed by atoms with Crippen molar-refractivity contribution in [3.05, 3.63) is 71.3 Å². The molecule has 1 heterocycles. The van der Waals surface area contributed by atoms with Crippen molar-refractivity contribution in [1.82, 2.24) is 10.2 Å². The quantitative estimate of drug-likeness (QED) is 0.641. The van der Waals surface area contributed by atoms with Crippen LogP contribution in [-0.4, -0.2) is 29.9 Å². The number of likely N-dealkylation sites (tertiary alicyclic amines) is 1. The molecule has 4 rings (SSSR count). The molecular formula is C26H31F3N2O. The molecule has 2 aromatic rings. The molecule has 32 heavy (non-hydrogen) atoms. The molecule has 2 fully saturated rings. The second kappa shape index (κ2) is 9.26. The number of rotatable bonds is 6. The van der Waals surface area contributed by atoms with Gasteiger partial charge in [-0.25, -0.2) is 0 Å². The molecule has 2 aromatic carbocycles. The Bertz CT molecular complexity index is 928. The molecule has 0 aromatic heterocycles. The van der Waals surface area contributed by atoms with Crippen molar-refractivity contribution in [3.63, 3.8) is 0 Å². The van der Waals surface area contributed by atoms with E-state index in [4.69, 9.17) is 0 Å². The summed E-state index contributed by atoms with van der Waals surface area (Å²) in [6.07, 6.45) is -2.30. The van der Waals surface area contributed by atoms with E-state index >= 15 is 0 Å². The Morgan fingerprint density at radius 3 is 2.50 bits per heavy atom. The molecule has 6 heteroatoms. The van der Waals surface area contributed by atoms with E-state index in [0.717, 1.165) is 37.6 Å². The van der Waals surface area contributed by atoms with Crippen molar-refractivity contribution >= 4 is 5.91 Å². The van der Waals surface area contributed by atoms with E-state index in [1.165, 1.54) is 12.1 Å². The molecule has 0 bridgehead atoms. The molecule has 1 unspecified atom stereocenters. The summed E-state index contributed by atoms with van der Waals surface area (Å²) < 4.78 is 39.1. The number of nitrogens with zero attached hydrogens (tertiary/aromatic N) is 1. The maximum absolute atomic E-state index is 13.2. The zero-order valence-corrected chi connectivity index (χ0v) is 18.6. The molecule has 0 radical (unpaired) electrons. The van der Waals surface area contributed by atoms with Crippen molar-refractivity contribution in [3.8, 4) is 0 Å². The van der Waals surface area contributed by atoms with Crippen LogP contribution >= 0.6 is 0 Å². The Morgan fingerprint density at radius 1 is 1.06 bits per heavy atom. The first-order valence-electron chi connectivity index (χ1n) is 11.5. The second-order valence-corrected chi connectivity index (χ2v) is 9.64. The first kappa shape index (κ1) is 22.8. The van der Waals surface area contributed by atoms with E-state index in [0.29, 0.717) is 23.9 Å². The maximum Gasteiger partial charge on any atom is 0.416 e. The monoisotopic (exact) mass is 444 g/mol. The molecule has 1 amide bonds. The van der Waals surface area contributed by atoms with Crippen LogP contribution in [-0.2, 0) is 17.5 Å². The number of benzene rings is 2. The predicted molar refractivity (Wildman–Crippen MR) is 119 cm³/mol. The van der Waals surface area contributed by atoms with Gasteiger partial charge in [-0.3, -0.25) is 9.69 Å². The van der Waals surface area contributed by atoms with Crippen molar-refractivity contribution in [2.24, 2.45) is 17.8 Å². The highest BCUT2D eigenvalue weighted by Crippen LogP contribution is 2.39. The van der Waals surface area contributed by atoms with Gasteiger partial charge in [-0.1, -0.05) is 62.4 Å². The normalized spacial score (nSPS) is 24.5. The number of hydrogen-bond acceptors (Lipinski definition) is 2. The lowest BCUT2D eigenvalue weighted by Crippen LogP contribution is -2.43. The van der Waals surface area contributed by atoms with E-state index in [1.54, 1.807) is 6.07 Å². The lowest BCUT2D eigenvalue weighted by molar-refractivity contribution is -0.137. The topological polar surface area (TPSA) is 32.3 Å². The van der Waals surface area contributed by atoms with Crippen molar-refractivity contribution in [2.45, 2.75) is 51.4 Å². The summed E-state index contributed by atoms with van der Waals surface area (Å²) in [4.78, 5) is 15.4. The number of nitrogens with one attached hydrogen (secondary N) is 1. The molecule has 2 aliphatic rings. The lowest BCUT2D eigenvalue weighted by Gasteiger charge is -2.26. The molecule has 1 N–H and O–H groups in total. The van der Waals surface area contributed by atoms with E-state index < -0.39 is 11.7 Å². The fourth-order valence-corrected chi connectivity index (χ4v) is 5.54. The molecular weight excluding hydrogens is 413 g/mol. The van der Waals surface area contributed by atoms with Crippen LogP contribution in [0.4, 0.5) is 13.2 Å². The molecule has 1 saturated heterocycles. The molecule has 172 valence electrons. The zero-order valence-electron chi connectivity index (χ0n) is 18.6. The highest BCUT2D eigenvalue weighted by atomic mass is 19.4. The van der Waals surface area contributed by atoms with Gasteiger partial charge in [0.1, 0.15) is 0 Å². The standard InChI is InChI=1S/C26H31F3N2O/c1-17(2)24(19-8-4-3-5-9-19)25(32)30-23-12-11-20-15-31(16-22(20)23)14-18-7-6-10-21(13-18)26(27,28)29/h3-10,13,17,20,22-24H,11-12,14-16H2,1-2H3,(H,30,32)/t20-,22-,23-,24?/m1/s1. The minimum Gasteiger partial charge on any atom is -0.352 e. The molecule has 4 atom stereocenters. The predicted octanol–water partition coefficient (Wildman–Crippen LogP) is 5.47. The van der Waals surface area contributed by atoms with Gasteiger partial charge in [0.05, 0.1) is 11.5 Å². The van der Waals surface area contributed by atoms with Gasteiger partial charge < -0.3 is 5.32 Å². The van der Waals surface area contributed by atoms with Gasteiger partial charge in [0.2, 0.25) is 5.91 Å². The Morgan fingerprint density at radius 2 is 1.81 bits per heavy atom. The Labute approximate surface area is 188 Å².